The molecule has 0 spiro atoms. The van der Waals surface area contributed by atoms with Gasteiger partial charge in [0.05, 0.1) is 10.7 Å². The van der Waals surface area contributed by atoms with E-state index in [9.17, 15) is 4.39 Å². The highest BCUT2D eigenvalue weighted by Gasteiger charge is 2.10. The van der Waals surface area contributed by atoms with Gasteiger partial charge in [0.25, 0.3) is 0 Å². The first kappa shape index (κ1) is 12.8. The maximum Gasteiger partial charge on any atom is 0.166 e. The lowest BCUT2D eigenvalue weighted by Gasteiger charge is -2.07. The molecule has 0 aliphatic heterocycles. The number of halogens is 2. The summed E-state index contributed by atoms with van der Waals surface area (Å²) in [6, 6.07) is 1.24. The van der Waals surface area contributed by atoms with Crippen LogP contribution >= 0.6 is 11.6 Å². The molecule has 4 nitrogen and oxygen atoms in total. The van der Waals surface area contributed by atoms with Crippen LogP contribution in [-0.4, -0.2) is 14.8 Å². The second-order valence-electron chi connectivity index (χ2n) is 4.11. The molecule has 0 radical (unpaired) electrons. The highest BCUT2D eigenvalue weighted by molar-refractivity contribution is 6.30. The van der Waals surface area contributed by atoms with E-state index < -0.39 is 5.82 Å². The van der Waals surface area contributed by atoms with Crippen LogP contribution in [0, 0.1) is 19.7 Å². The van der Waals surface area contributed by atoms with Crippen molar-refractivity contribution < 1.29 is 4.39 Å². The molecule has 0 bridgehead atoms. The van der Waals surface area contributed by atoms with E-state index in [0.29, 0.717) is 6.54 Å². The number of rotatable bonds is 3. The average molecular weight is 269 g/mol. The molecular formula is C12H14ClFN4. The molecule has 0 saturated carbocycles. The summed E-state index contributed by atoms with van der Waals surface area (Å²) >= 11 is 5.64. The van der Waals surface area contributed by atoms with E-state index in [1.54, 1.807) is 4.68 Å². The van der Waals surface area contributed by atoms with Gasteiger partial charge in [-0.3, -0.25) is 4.68 Å². The van der Waals surface area contributed by atoms with Crippen LogP contribution in [0.2, 0.25) is 5.02 Å². The highest BCUT2D eigenvalue weighted by atomic mass is 35.5. The van der Waals surface area contributed by atoms with Crippen LogP contribution in [0.3, 0.4) is 0 Å². The summed E-state index contributed by atoms with van der Waals surface area (Å²) in [6.07, 6.45) is 1.41. The number of nitrogens with one attached hydrogen (secondary N) is 1. The summed E-state index contributed by atoms with van der Waals surface area (Å²) in [5.41, 5.74) is 3.03. The molecule has 0 saturated heterocycles. The van der Waals surface area contributed by atoms with Gasteiger partial charge in [-0.05, 0) is 19.9 Å². The molecule has 0 unspecified atom stereocenters. The molecule has 2 heterocycles. The molecule has 0 atom stereocenters. The summed E-state index contributed by atoms with van der Waals surface area (Å²) in [7, 11) is 1.88. The van der Waals surface area contributed by atoms with E-state index in [0.717, 1.165) is 17.0 Å². The van der Waals surface area contributed by atoms with Crippen molar-refractivity contribution >= 4 is 17.4 Å². The van der Waals surface area contributed by atoms with Gasteiger partial charge < -0.3 is 5.32 Å². The third kappa shape index (κ3) is 2.46. The predicted molar refractivity (Wildman–Crippen MR) is 69.2 cm³/mol. The van der Waals surface area contributed by atoms with Crippen molar-refractivity contribution in [3.05, 3.63) is 40.1 Å². The molecule has 2 rings (SSSR count). The Balaban J connectivity index is 2.16. The third-order valence-corrected chi connectivity index (χ3v) is 3.11. The molecule has 0 aliphatic carbocycles. The van der Waals surface area contributed by atoms with E-state index in [-0.39, 0.29) is 10.8 Å². The summed E-state index contributed by atoms with van der Waals surface area (Å²) in [5.74, 6) is -0.260. The van der Waals surface area contributed by atoms with Gasteiger partial charge in [0.1, 0.15) is 0 Å². The van der Waals surface area contributed by atoms with E-state index in [1.165, 1.54) is 12.3 Å². The molecule has 1 N–H and O–H groups in total. The Morgan fingerprint density at radius 1 is 1.44 bits per heavy atom. The van der Waals surface area contributed by atoms with Gasteiger partial charge in [-0.1, -0.05) is 11.6 Å². The minimum absolute atomic E-state index is 0.196. The average Bonchev–Trinajstić information content (AvgIpc) is 2.53. The minimum atomic E-state index is -0.457. The zero-order chi connectivity index (χ0) is 13.3. The lowest BCUT2D eigenvalue weighted by atomic mass is 10.2. The van der Waals surface area contributed by atoms with Gasteiger partial charge in [-0.15, -0.1) is 0 Å². The van der Waals surface area contributed by atoms with Crippen molar-refractivity contribution in [2.75, 3.05) is 5.32 Å². The van der Waals surface area contributed by atoms with Gasteiger partial charge in [-0.25, -0.2) is 9.37 Å². The van der Waals surface area contributed by atoms with Crippen molar-refractivity contribution in [1.82, 2.24) is 14.8 Å². The fourth-order valence-corrected chi connectivity index (χ4v) is 1.93. The largest absolute Gasteiger partial charge is 0.363 e. The van der Waals surface area contributed by atoms with Gasteiger partial charge >= 0.3 is 0 Å². The molecule has 2 aromatic rings. The number of anilines is 1. The maximum atomic E-state index is 13.5. The first-order chi connectivity index (χ1) is 8.49. The molecule has 18 heavy (non-hydrogen) atoms. The summed E-state index contributed by atoms with van der Waals surface area (Å²) in [6.45, 7) is 4.38. The molecule has 2 aromatic heterocycles. The normalized spacial score (nSPS) is 10.7. The first-order valence-corrected chi connectivity index (χ1v) is 5.91. The molecular weight excluding hydrogens is 255 g/mol. The Labute approximate surface area is 110 Å². The standard InChI is InChI=1S/C12H14ClFN4/c1-7-10(8(2)18(3)17-7)6-16-12-11(14)4-9(13)5-15-12/h4-5H,6H2,1-3H3,(H,15,16). The second kappa shape index (κ2) is 4.94. The molecule has 0 amide bonds. The van der Waals surface area contributed by atoms with Crippen LogP contribution in [0.1, 0.15) is 17.0 Å². The van der Waals surface area contributed by atoms with Gasteiger partial charge in [0.2, 0.25) is 0 Å². The fraction of sp³-hybridized carbons (Fsp3) is 0.333. The summed E-state index contributed by atoms with van der Waals surface area (Å²) < 4.78 is 15.3. The van der Waals surface area contributed by atoms with E-state index in [1.807, 2.05) is 20.9 Å². The fourth-order valence-electron chi connectivity index (χ4n) is 1.79. The van der Waals surface area contributed by atoms with Crippen molar-refractivity contribution in [3.63, 3.8) is 0 Å². The van der Waals surface area contributed by atoms with Gasteiger partial charge in [0, 0.05) is 31.0 Å². The second-order valence-corrected chi connectivity index (χ2v) is 4.55. The number of pyridine rings is 1. The first-order valence-electron chi connectivity index (χ1n) is 5.53. The smallest absolute Gasteiger partial charge is 0.166 e. The van der Waals surface area contributed by atoms with Crippen molar-refractivity contribution in [2.45, 2.75) is 20.4 Å². The molecule has 0 fully saturated rings. The molecule has 0 aromatic carbocycles. The van der Waals surface area contributed by atoms with E-state index >= 15 is 0 Å². The maximum absolute atomic E-state index is 13.5. The monoisotopic (exact) mass is 268 g/mol. The van der Waals surface area contributed by atoms with Crippen LogP contribution in [0.4, 0.5) is 10.2 Å². The molecule has 96 valence electrons. The number of nitrogens with zero attached hydrogens (tertiary/aromatic N) is 3. The lowest BCUT2D eigenvalue weighted by molar-refractivity contribution is 0.624. The van der Waals surface area contributed by atoms with Crippen LogP contribution in [0.15, 0.2) is 12.3 Å². The highest BCUT2D eigenvalue weighted by Crippen LogP contribution is 2.18. The van der Waals surface area contributed by atoms with Crippen molar-refractivity contribution in [3.8, 4) is 0 Å². The zero-order valence-corrected chi connectivity index (χ0v) is 11.2. The zero-order valence-electron chi connectivity index (χ0n) is 10.5. The van der Waals surface area contributed by atoms with Crippen molar-refractivity contribution in [2.24, 2.45) is 7.05 Å². The number of hydrogen-bond donors (Lipinski definition) is 1. The predicted octanol–water partition coefficient (Wildman–Crippen LogP) is 2.84. The van der Waals surface area contributed by atoms with Crippen LogP contribution in [0.25, 0.3) is 0 Å². The Morgan fingerprint density at radius 3 is 2.72 bits per heavy atom. The summed E-state index contributed by atoms with van der Waals surface area (Å²) in [4.78, 5) is 3.91. The minimum Gasteiger partial charge on any atom is -0.363 e. The van der Waals surface area contributed by atoms with Crippen LogP contribution < -0.4 is 5.32 Å². The Kier molecular flexibility index (Phi) is 3.52. The number of aromatic nitrogens is 3. The summed E-state index contributed by atoms with van der Waals surface area (Å²) in [5, 5.41) is 7.54. The SMILES string of the molecule is Cc1nn(C)c(C)c1CNc1ncc(Cl)cc1F. The van der Waals surface area contributed by atoms with Crippen molar-refractivity contribution in [1.29, 1.82) is 0 Å². The Bertz CT molecular complexity index is 580. The quantitative estimate of drug-likeness (QED) is 0.931. The molecule has 0 aliphatic rings. The van der Waals surface area contributed by atoms with Crippen LogP contribution in [0.5, 0.6) is 0 Å². The van der Waals surface area contributed by atoms with E-state index in [2.05, 4.69) is 15.4 Å². The van der Waals surface area contributed by atoms with E-state index in [4.69, 9.17) is 11.6 Å². The lowest BCUT2D eigenvalue weighted by Crippen LogP contribution is -2.05. The number of aryl methyl sites for hydroxylation is 2. The molecule has 6 heteroatoms. The Morgan fingerprint density at radius 2 is 2.17 bits per heavy atom. The van der Waals surface area contributed by atoms with Gasteiger partial charge in [-0.2, -0.15) is 5.10 Å². The van der Waals surface area contributed by atoms with Crippen LogP contribution in [-0.2, 0) is 13.6 Å². The topological polar surface area (TPSA) is 42.7 Å². The van der Waals surface area contributed by atoms with Gasteiger partial charge in [0.15, 0.2) is 11.6 Å². The number of hydrogen-bond acceptors (Lipinski definition) is 3. The Hall–Kier alpha value is -1.62. The third-order valence-electron chi connectivity index (χ3n) is 2.90.